The lowest BCUT2D eigenvalue weighted by Gasteiger charge is -2.29. The number of hydrogen-bond acceptors (Lipinski definition) is 8. The summed E-state index contributed by atoms with van der Waals surface area (Å²) >= 11 is 0. The molecule has 5 atom stereocenters. The minimum atomic E-state index is -1.22. The molecule has 0 radical (unpaired) electrons. The molecule has 59 heavy (non-hydrogen) atoms. The summed E-state index contributed by atoms with van der Waals surface area (Å²) in [6, 6.07) is 21.9. The molecule has 14 nitrogen and oxygen atoms in total. The molecule has 304 valence electrons. The van der Waals surface area contributed by atoms with Crippen molar-refractivity contribution in [1.29, 1.82) is 0 Å². The molecule has 2 saturated heterocycles. The van der Waals surface area contributed by atoms with E-state index >= 15 is 0 Å². The Morgan fingerprint density at radius 1 is 0.983 bits per heavy atom. The Hall–Kier alpha value is -6.25. The van der Waals surface area contributed by atoms with Gasteiger partial charge >= 0.3 is 6.09 Å². The number of carbonyl (C=O) groups excluding carboxylic acids is 2. The lowest BCUT2D eigenvalue weighted by Crippen LogP contribution is -2.50. The standard InChI is InChI=1S/C45H48N8O6/c1-24(2)39(51-45(56)57)44(55)52-15-7-10-35(52)42-48-33-14-12-27-18-32-30-13-11-28(17-29(30)23-59-37(32)19-31(27)40(33)50-42)34-20-47-41(49-34)36-16-25(22-58-3)21-53(36)43(54)38(46)26-8-5-4-6-9-26/h4-6,8-9,11-14,17-20,24-25,35-36,38-39,51H,7,10,15-16,21-23,46H2,1-3H3,(H,47,49)(H,48,50)(H,56,57)/t25-,35-,36-,38+,39-/m0/s1. The Morgan fingerprint density at radius 2 is 1.81 bits per heavy atom. The number of nitrogens with zero attached hydrogens (tertiary/aromatic N) is 4. The van der Waals surface area contributed by atoms with Gasteiger partial charge in [-0.2, -0.15) is 0 Å². The molecule has 6 aromatic rings. The summed E-state index contributed by atoms with van der Waals surface area (Å²) in [6.45, 7) is 5.68. The lowest BCUT2D eigenvalue weighted by molar-refractivity contribution is -0.135. The van der Waals surface area contributed by atoms with Gasteiger partial charge in [0.15, 0.2) is 0 Å². The SMILES string of the molecule is COC[C@H]1C[C@@H](c2ncc(-c3ccc4c(c3)COc3cc5c(ccc6nc([C@@H]7CCCN7C(=O)[C@@H](NC(=O)O)C(C)C)[nH]c65)cc3-4)[nH]2)N(C(=O)[C@H](N)c2ccccc2)C1. The Morgan fingerprint density at radius 3 is 2.59 bits per heavy atom. The molecule has 0 saturated carbocycles. The number of fused-ring (bicyclic) bond motifs is 6. The number of aromatic nitrogens is 4. The Balaban J connectivity index is 0.971. The van der Waals surface area contributed by atoms with Gasteiger partial charge in [-0.05, 0) is 77.1 Å². The molecule has 5 heterocycles. The lowest BCUT2D eigenvalue weighted by atomic mass is 9.92. The van der Waals surface area contributed by atoms with E-state index in [-0.39, 0.29) is 35.7 Å². The van der Waals surface area contributed by atoms with Crippen LogP contribution in [0.25, 0.3) is 44.2 Å². The summed E-state index contributed by atoms with van der Waals surface area (Å²) in [6.07, 6.45) is 2.86. The molecule has 0 aliphatic carbocycles. The molecule has 0 spiro atoms. The van der Waals surface area contributed by atoms with Crippen LogP contribution in [0.2, 0.25) is 0 Å². The molecule has 3 amide bonds. The molecule has 2 aromatic heterocycles. The highest BCUT2D eigenvalue weighted by Gasteiger charge is 2.40. The zero-order valence-corrected chi connectivity index (χ0v) is 33.3. The number of amides is 3. The van der Waals surface area contributed by atoms with E-state index in [9.17, 15) is 19.5 Å². The van der Waals surface area contributed by atoms with E-state index in [4.69, 9.17) is 25.2 Å². The number of rotatable bonds is 10. The van der Waals surface area contributed by atoms with Crippen LogP contribution >= 0.6 is 0 Å². The minimum Gasteiger partial charge on any atom is -0.488 e. The van der Waals surface area contributed by atoms with E-state index in [2.05, 4.69) is 51.7 Å². The summed E-state index contributed by atoms with van der Waals surface area (Å²) in [5.74, 6) is 1.76. The summed E-state index contributed by atoms with van der Waals surface area (Å²) in [5.41, 5.74) is 13.9. The third-order valence-electron chi connectivity index (χ3n) is 12.2. The molecule has 14 heteroatoms. The number of imidazole rings is 2. The highest BCUT2D eigenvalue weighted by Crippen LogP contribution is 2.44. The van der Waals surface area contributed by atoms with Crippen LogP contribution in [0.5, 0.6) is 5.75 Å². The number of H-pyrrole nitrogens is 2. The van der Waals surface area contributed by atoms with Gasteiger partial charge in [-0.15, -0.1) is 0 Å². The van der Waals surface area contributed by atoms with E-state index in [0.717, 1.165) is 73.9 Å². The van der Waals surface area contributed by atoms with Gasteiger partial charge < -0.3 is 45.4 Å². The topological polar surface area (TPSA) is 192 Å². The Kier molecular flexibility index (Phi) is 10.1. The number of likely N-dealkylation sites (tertiary alicyclic amines) is 2. The fourth-order valence-electron chi connectivity index (χ4n) is 9.19. The first-order chi connectivity index (χ1) is 28.6. The van der Waals surface area contributed by atoms with Crippen molar-refractivity contribution < 1.29 is 29.0 Å². The number of nitrogens with one attached hydrogen (secondary N) is 3. The predicted molar refractivity (Wildman–Crippen MR) is 222 cm³/mol. The van der Waals surface area contributed by atoms with E-state index in [0.29, 0.717) is 44.4 Å². The average Bonchev–Trinajstić information content (AvgIpc) is 4.08. The van der Waals surface area contributed by atoms with Crippen molar-refractivity contribution >= 4 is 39.7 Å². The van der Waals surface area contributed by atoms with Crippen LogP contribution in [-0.2, 0) is 20.9 Å². The first kappa shape index (κ1) is 38.3. The Labute approximate surface area is 341 Å². The molecule has 0 bridgehead atoms. The van der Waals surface area contributed by atoms with Gasteiger partial charge in [0.2, 0.25) is 11.8 Å². The number of nitrogens with two attached hydrogens (primary N) is 1. The van der Waals surface area contributed by atoms with Crippen molar-refractivity contribution in [1.82, 2.24) is 35.1 Å². The second-order valence-electron chi connectivity index (χ2n) is 16.3. The van der Waals surface area contributed by atoms with Gasteiger partial charge in [0.25, 0.3) is 0 Å². The second-order valence-corrected chi connectivity index (χ2v) is 16.3. The molecule has 9 rings (SSSR count). The van der Waals surface area contributed by atoms with Crippen LogP contribution < -0.4 is 15.8 Å². The second kappa shape index (κ2) is 15.5. The zero-order chi connectivity index (χ0) is 40.9. The number of hydrogen-bond donors (Lipinski definition) is 5. The largest absolute Gasteiger partial charge is 0.488 e. The van der Waals surface area contributed by atoms with Gasteiger partial charge in [0, 0.05) is 37.1 Å². The smallest absolute Gasteiger partial charge is 0.405 e. The maximum absolute atomic E-state index is 13.8. The summed E-state index contributed by atoms with van der Waals surface area (Å²) in [5, 5.41) is 13.8. The van der Waals surface area contributed by atoms with Crippen molar-refractivity contribution in [2.45, 2.75) is 63.9 Å². The number of benzene rings is 4. The first-order valence-electron chi connectivity index (χ1n) is 20.3. The van der Waals surface area contributed by atoms with Crippen LogP contribution in [-0.4, -0.2) is 85.6 Å². The maximum atomic E-state index is 13.8. The highest BCUT2D eigenvalue weighted by molar-refractivity contribution is 6.07. The molecule has 3 aliphatic rings. The van der Waals surface area contributed by atoms with E-state index in [1.165, 1.54) is 0 Å². The van der Waals surface area contributed by atoms with E-state index < -0.39 is 18.2 Å². The first-order valence-corrected chi connectivity index (χ1v) is 20.3. The number of carbonyl (C=O) groups is 3. The van der Waals surface area contributed by atoms with Crippen LogP contribution in [0, 0.1) is 11.8 Å². The minimum absolute atomic E-state index is 0.136. The number of carboxylic acid groups (broad SMARTS) is 1. The predicted octanol–water partition coefficient (Wildman–Crippen LogP) is 6.86. The molecule has 4 aromatic carbocycles. The van der Waals surface area contributed by atoms with Crippen LogP contribution in [0.3, 0.4) is 0 Å². The average molecular weight is 797 g/mol. The van der Waals surface area contributed by atoms with Gasteiger partial charge in [0.1, 0.15) is 36.1 Å². The van der Waals surface area contributed by atoms with Crippen molar-refractivity contribution in [3.8, 4) is 28.1 Å². The third kappa shape index (κ3) is 7.05. The van der Waals surface area contributed by atoms with Crippen LogP contribution in [0.1, 0.15) is 74.0 Å². The molecule has 2 fully saturated rings. The van der Waals surface area contributed by atoms with Gasteiger partial charge in [-0.1, -0.05) is 62.4 Å². The molecule has 3 aliphatic heterocycles. The molecular formula is C45H48N8O6. The van der Waals surface area contributed by atoms with E-state index in [1.54, 1.807) is 12.0 Å². The monoisotopic (exact) mass is 796 g/mol. The van der Waals surface area contributed by atoms with Gasteiger partial charge in [-0.25, -0.2) is 14.8 Å². The van der Waals surface area contributed by atoms with Gasteiger partial charge in [-0.3, -0.25) is 9.59 Å². The summed E-state index contributed by atoms with van der Waals surface area (Å²) in [7, 11) is 1.68. The Bertz CT molecular complexity index is 2570. The van der Waals surface area contributed by atoms with Gasteiger partial charge in [0.05, 0.1) is 41.6 Å². The fourth-order valence-corrected chi connectivity index (χ4v) is 9.19. The van der Waals surface area contributed by atoms with Crippen molar-refractivity contribution in [3.63, 3.8) is 0 Å². The number of aromatic amines is 2. The molecule has 6 N–H and O–H groups in total. The van der Waals surface area contributed by atoms with Crippen molar-refractivity contribution in [2.24, 2.45) is 17.6 Å². The molecule has 0 unspecified atom stereocenters. The molecular weight excluding hydrogens is 749 g/mol. The summed E-state index contributed by atoms with van der Waals surface area (Å²) < 4.78 is 11.9. The quantitative estimate of drug-likeness (QED) is 0.0986. The number of ether oxygens (including phenoxy) is 2. The fraction of sp³-hybridized carbons (Fsp3) is 0.356. The highest BCUT2D eigenvalue weighted by atomic mass is 16.5. The third-order valence-corrected chi connectivity index (χ3v) is 12.2. The van der Waals surface area contributed by atoms with Crippen molar-refractivity contribution in [2.75, 3.05) is 26.8 Å². The van der Waals surface area contributed by atoms with Crippen molar-refractivity contribution in [3.05, 3.63) is 102 Å². The van der Waals surface area contributed by atoms with Crippen LogP contribution in [0.4, 0.5) is 4.79 Å². The number of methoxy groups -OCH3 is 1. The normalized spacial score (nSPS) is 19.8. The van der Waals surface area contributed by atoms with Crippen LogP contribution in [0.15, 0.2) is 79.0 Å². The summed E-state index contributed by atoms with van der Waals surface area (Å²) in [4.78, 5) is 59.3. The maximum Gasteiger partial charge on any atom is 0.405 e. The zero-order valence-electron chi connectivity index (χ0n) is 33.3. The van der Waals surface area contributed by atoms with E-state index in [1.807, 2.05) is 61.3 Å².